The van der Waals surface area contributed by atoms with Gasteiger partial charge >= 0.3 is 0 Å². The fourth-order valence-electron chi connectivity index (χ4n) is 1.39. The maximum Gasteiger partial charge on any atom is 0.219 e. The Labute approximate surface area is 127 Å². The van der Waals surface area contributed by atoms with Crippen LogP contribution < -0.4 is 5.32 Å². The average Bonchev–Trinajstić information content (AvgIpc) is 2.47. The summed E-state index contributed by atoms with van der Waals surface area (Å²) in [7, 11) is 0. The summed E-state index contributed by atoms with van der Waals surface area (Å²) in [6, 6.07) is 0. The van der Waals surface area contributed by atoms with Crippen LogP contribution in [0.4, 0.5) is 0 Å². The molecule has 6 heteroatoms. The molecule has 21 heavy (non-hydrogen) atoms. The van der Waals surface area contributed by atoms with Crippen LogP contribution in [0.2, 0.25) is 0 Å². The Balaban J connectivity index is 3.12. The smallest absolute Gasteiger partial charge is 0.219 e. The Morgan fingerprint density at radius 2 is 1.43 bits per heavy atom. The van der Waals surface area contributed by atoms with Gasteiger partial charge in [0.25, 0.3) is 0 Å². The van der Waals surface area contributed by atoms with Crippen molar-refractivity contribution in [3.05, 3.63) is 0 Å². The molecule has 0 aliphatic rings. The van der Waals surface area contributed by atoms with Gasteiger partial charge in [0.05, 0.1) is 39.6 Å². The minimum atomic E-state index is 0.0305. The molecule has 6 nitrogen and oxygen atoms in total. The zero-order valence-electron chi connectivity index (χ0n) is 13.5. The molecule has 124 valence electrons. The quantitative estimate of drug-likeness (QED) is 0.488. The zero-order chi connectivity index (χ0) is 15.9. The van der Waals surface area contributed by atoms with Gasteiger partial charge in [-0.3, -0.25) is 9.59 Å². The van der Waals surface area contributed by atoms with Gasteiger partial charge in [0, 0.05) is 25.3 Å². The van der Waals surface area contributed by atoms with Gasteiger partial charge in [0.2, 0.25) is 5.91 Å². The van der Waals surface area contributed by atoms with E-state index in [9.17, 15) is 9.59 Å². The van der Waals surface area contributed by atoms with Crippen LogP contribution in [0.5, 0.6) is 0 Å². The SMILES string of the molecule is CCC(=O)NCCOCCOCCOCCC(=O)C(C)C. The molecule has 0 atom stereocenters. The van der Waals surface area contributed by atoms with Gasteiger partial charge in [0.15, 0.2) is 0 Å². The van der Waals surface area contributed by atoms with Crippen LogP contribution >= 0.6 is 0 Å². The second-order valence-corrected chi connectivity index (χ2v) is 4.91. The standard InChI is InChI=1S/C15H29NO5/c1-4-15(18)16-6-8-20-10-12-21-11-9-19-7-5-14(17)13(2)3/h13H,4-12H2,1-3H3,(H,16,18). The fourth-order valence-corrected chi connectivity index (χ4v) is 1.39. The maximum absolute atomic E-state index is 11.3. The van der Waals surface area contributed by atoms with Crippen LogP contribution in [-0.4, -0.2) is 57.9 Å². The molecule has 0 aromatic rings. The second-order valence-electron chi connectivity index (χ2n) is 4.91. The van der Waals surface area contributed by atoms with E-state index >= 15 is 0 Å². The molecule has 1 amide bonds. The van der Waals surface area contributed by atoms with Crippen molar-refractivity contribution in [3.63, 3.8) is 0 Å². The van der Waals surface area contributed by atoms with Crippen molar-refractivity contribution in [2.75, 3.05) is 46.2 Å². The number of amides is 1. The molecule has 0 aromatic heterocycles. The first kappa shape index (κ1) is 20.0. The summed E-state index contributed by atoms with van der Waals surface area (Å²) in [6.07, 6.45) is 0.954. The van der Waals surface area contributed by atoms with E-state index in [2.05, 4.69) is 5.32 Å². The minimum Gasteiger partial charge on any atom is -0.379 e. The Bertz CT molecular complexity index is 281. The number of ketones is 1. The van der Waals surface area contributed by atoms with Crippen LogP contribution in [0.25, 0.3) is 0 Å². The van der Waals surface area contributed by atoms with Crippen LogP contribution in [0.1, 0.15) is 33.6 Å². The lowest BCUT2D eigenvalue weighted by Gasteiger charge is -2.08. The van der Waals surface area contributed by atoms with E-state index in [0.29, 0.717) is 59.0 Å². The van der Waals surface area contributed by atoms with Crippen molar-refractivity contribution < 1.29 is 23.8 Å². The molecule has 0 radical (unpaired) electrons. The van der Waals surface area contributed by atoms with E-state index < -0.39 is 0 Å². The van der Waals surface area contributed by atoms with Gasteiger partial charge in [-0.05, 0) is 0 Å². The van der Waals surface area contributed by atoms with Crippen molar-refractivity contribution in [1.29, 1.82) is 0 Å². The first-order chi connectivity index (χ1) is 10.1. The summed E-state index contributed by atoms with van der Waals surface area (Å²) < 4.78 is 15.9. The molecule has 0 unspecified atom stereocenters. The van der Waals surface area contributed by atoms with Gasteiger partial charge in [0.1, 0.15) is 5.78 Å². The molecule has 0 heterocycles. The minimum absolute atomic E-state index is 0.0305. The largest absolute Gasteiger partial charge is 0.379 e. The maximum atomic E-state index is 11.3. The summed E-state index contributed by atoms with van der Waals surface area (Å²) in [4.78, 5) is 22.2. The van der Waals surface area contributed by atoms with E-state index in [1.807, 2.05) is 20.8 Å². The molecule has 0 spiro atoms. The highest BCUT2D eigenvalue weighted by Gasteiger charge is 2.05. The van der Waals surface area contributed by atoms with Gasteiger partial charge in [-0.25, -0.2) is 0 Å². The first-order valence-corrected chi connectivity index (χ1v) is 7.60. The summed E-state index contributed by atoms with van der Waals surface area (Å²) in [5, 5.41) is 2.72. The molecule has 0 saturated heterocycles. The third kappa shape index (κ3) is 13.7. The number of rotatable bonds is 14. The number of ether oxygens (including phenoxy) is 3. The lowest BCUT2D eigenvalue weighted by atomic mass is 10.1. The topological polar surface area (TPSA) is 73.9 Å². The van der Waals surface area contributed by atoms with E-state index in [0.717, 1.165) is 0 Å². The number of Topliss-reactive ketones (excluding diaryl/α,β-unsaturated/α-hetero) is 1. The van der Waals surface area contributed by atoms with Crippen molar-refractivity contribution >= 4 is 11.7 Å². The van der Waals surface area contributed by atoms with E-state index in [1.165, 1.54) is 0 Å². The molecule has 1 N–H and O–H groups in total. The van der Waals surface area contributed by atoms with Crippen LogP contribution in [0.3, 0.4) is 0 Å². The Hall–Kier alpha value is -0.980. The van der Waals surface area contributed by atoms with Crippen molar-refractivity contribution in [2.45, 2.75) is 33.6 Å². The molecule has 0 aliphatic heterocycles. The first-order valence-electron chi connectivity index (χ1n) is 7.60. The normalized spacial score (nSPS) is 10.9. The van der Waals surface area contributed by atoms with Gasteiger partial charge in [-0.2, -0.15) is 0 Å². The molecule has 0 bridgehead atoms. The predicted octanol–water partition coefficient (Wildman–Crippen LogP) is 1.18. The molecule has 0 aliphatic carbocycles. The number of hydrogen-bond donors (Lipinski definition) is 1. The van der Waals surface area contributed by atoms with E-state index in [-0.39, 0.29) is 17.6 Å². The van der Waals surface area contributed by atoms with Crippen molar-refractivity contribution in [1.82, 2.24) is 5.32 Å². The zero-order valence-corrected chi connectivity index (χ0v) is 13.5. The highest BCUT2D eigenvalue weighted by Crippen LogP contribution is 1.98. The van der Waals surface area contributed by atoms with Crippen molar-refractivity contribution in [3.8, 4) is 0 Å². The lowest BCUT2D eigenvalue weighted by Crippen LogP contribution is -2.26. The molecular formula is C15H29NO5. The molecular weight excluding hydrogens is 274 g/mol. The van der Waals surface area contributed by atoms with Crippen LogP contribution in [0.15, 0.2) is 0 Å². The second kappa shape index (κ2) is 14.0. The van der Waals surface area contributed by atoms with Gasteiger partial charge in [-0.15, -0.1) is 0 Å². The number of carbonyl (C=O) groups excluding carboxylic acids is 2. The highest BCUT2D eigenvalue weighted by atomic mass is 16.5. The molecule has 0 saturated carbocycles. The summed E-state index contributed by atoms with van der Waals surface area (Å²) in [5.74, 6) is 0.325. The third-order valence-electron chi connectivity index (χ3n) is 2.77. The summed E-state index contributed by atoms with van der Waals surface area (Å²) in [5.41, 5.74) is 0. The Kier molecular flexibility index (Phi) is 13.3. The average molecular weight is 303 g/mol. The molecule has 0 fully saturated rings. The van der Waals surface area contributed by atoms with E-state index in [4.69, 9.17) is 14.2 Å². The highest BCUT2D eigenvalue weighted by molar-refractivity contribution is 5.80. The fraction of sp³-hybridized carbons (Fsp3) is 0.867. The Morgan fingerprint density at radius 1 is 0.905 bits per heavy atom. The number of nitrogens with one attached hydrogen (secondary N) is 1. The van der Waals surface area contributed by atoms with Crippen LogP contribution in [0, 0.1) is 5.92 Å². The van der Waals surface area contributed by atoms with E-state index in [1.54, 1.807) is 0 Å². The Morgan fingerprint density at radius 3 is 1.95 bits per heavy atom. The monoisotopic (exact) mass is 303 g/mol. The molecule has 0 rings (SSSR count). The number of carbonyl (C=O) groups is 2. The van der Waals surface area contributed by atoms with Crippen LogP contribution in [-0.2, 0) is 23.8 Å². The third-order valence-corrected chi connectivity index (χ3v) is 2.77. The van der Waals surface area contributed by atoms with Gasteiger partial charge in [-0.1, -0.05) is 20.8 Å². The lowest BCUT2D eigenvalue weighted by molar-refractivity contribution is -0.123. The predicted molar refractivity (Wildman–Crippen MR) is 80.2 cm³/mol. The molecule has 0 aromatic carbocycles. The van der Waals surface area contributed by atoms with Crippen molar-refractivity contribution in [2.24, 2.45) is 5.92 Å². The number of hydrogen-bond acceptors (Lipinski definition) is 5. The summed E-state index contributed by atoms with van der Waals surface area (Å²) >= 11 is 0. The van der Waals surface area contributed by atoms with Gasteiger partial charge < -0.3 is 19.5 Å². The summed E-state index contributed by atoms with van der Waals surface area (Å²) in [6.45, 7) is 9.02.